The standard InChI is InChI=1S/C25H24N6O/c1-15-14-21(22-4-3-13-32-22)31(30-15)20-11-10-19-24(16(20)2)29-23(28-19)12-7-17-5-8-18(9-6-17)25(26)27/h3-6,8-11,13-14H,7,12H2,1-2H3,(H3,26,27)(H,28,29). The Labute approximate surface area is 185 Å². The van der Waals surface area contributed by atoms with Crippen molar-refractivity contribution in [1.29, 1.82) is 5.41 Å². The zero-order valence-corrected chi connectivity index (χ0v) is 18.0. The maximum absolute atomic E-state index is 7.51. The first-order valence-electron chi connectivity index (χ1n) is 10.5. The summed E-state index contributed by atoms with van der Waals surface area (Å²) in [5.41, 5.74) is 13.3. The molecule has 0 aliphatic rings. The molecule has 0 saturated carbocycles. The summed E-state index contributed by atoms with van der Waals surface area (Å²) in [6.45, 7) is 4.05. The van der Waals surface area contributed by atoms with Gasteiger partial charge in [0.15, 0.2) is 5.76 Å². The van der Waals surface area contributed by atoms with Gasteiger partial charge in [0.25, 0.3) is 0 Å². The molecule has 0 unspecified atom stereocenters. The van der Waals surface area contributed by atoms with Gasteiger partial charge in [-0.2, -0.15) is 5.10 Å². The number of nitrogen functional groups attached to an aromatic ring is 1. The predicted octanol–water partition coefficient (Wildman–Crippen LogP) is 4.69. The van der Waals surface area contributed by atoms with E-state index in [9.17, 15) is 0 Å². The van der Waals surface area contributed by atoms with Crippen LogP contribution in [0.15, 0.2) is 65.3 Å². The van der Waals surface area contributed by atoms with E-state index in [1.54, 1.807) is 6.26 Å². The van der Waals surface area contributed by atoms with E-state index in [0.717, 1.165) is 63.7 Å². The molecule has 0 aliphatic heterocycles. The molecule has 5 rings (SSSR count). The summed E-state index contributed by atoms with van der Waals surface area (Å²) in [5.74, 6) is 1.81. The first kappa shape index (κ1) is 19.8. The van der Waals surface area contributed by atoms with E-state index in [1.165, 1.54) is 5.56 Å². The molecule has 7 heteroatoms. The Morgan fingerprint density at radius 3 is 2.62 bits per heavy atom. The fourth-order valence-corrected chi connectivity index (χ4v) is 4.00. The van der Waals surface area contributed by atoms with Crippen molar-refractivity contribution in [2.75, 3.05) is 0 Å². The van der Waals surface area contributed by atoms with Crippen LogP contribution in [0.5, 0.6) is 0 Å². The van der Waals surface area contributed by atoms with Crippen molar-refractivity contribution in [2.24, 2.45) is 5.73 Å². The van der Waals surface area contributed by atoms with E-state index in [2.05, 4.69) is 24.0 Å². The highest BCUT2D eigenvalue weighted by molar-refractivity contribution is 5.94. The lowest BCUT2D eigenvalue weighted by atomic mass is 10.1. The van der Waals surface area contributed by atoms with Gasteiger partial charge < -0.3 is 15.1 Å². The fourth-order valence-electron chi connectivity index (χ4n) is 4.00. The van der Waals surface area contributed by atoms with Gasteiger partial charge in [-0.1, -0.05) is 24.3 Å². The molecular weight excluding hydrogens is 400 g/mol. The Morgan fingerprint density at radius 1 is 1.09 bits per heavy atom. The summed E-state index contributed by atoms with van der Waals surface area (Å²) in [4.78, 5) is 8.33. The maximum Gasteiger partial charge on any atom is 0.152 e. The third-order valence-corrected chi connectivity index (χ3v) is 5.68. The molecule has 4 N–H and O–H groups in total. The van der Waals surface area contributed by atoms with Gasteiger partial charge in [-0.3, -0.25) is 5.41 Å². The highest BCUT2D eigenvalue weighted by Crippen LogP contribution is 2.29. The lowest BCUT2D eigenvalue weighted by Crippen LogP contribution is -2.10. The number of H-pyrrole nitrogens is 1. The lowest BCUT2D eigenvalue weighted by molar-refractivity contribution is 0.576. The second-order valence-corrected chi connectivity index (χ2v) is 7.96. The van der Waals surface area contributed by atoms with Crippen molar-refractivity contribution < 1.29 is 4.42 Å². The summed E-state index contributed by atoms with van der Waals surface area (Å²) in [7, 11) is 0. The first-order chi connectivity index (χ1) is 15.5. The molecule has 0 amide bonds. The molecule has 0 bridgehead atoms. The van der Waals surface area contributed by atoms with Crippen LogP contribution in [0.1, 0.15) is 28.2 Å². The number of aryl methyl sites for hydroxylation is 4. The number of fused-ring (bicyclic) bond motifs is 1. The molecule has 2 aromatic carbocycles. The van der Waals surface area contributed by atoms with E-state index >= 15 is 0 Å². The smallest absolute Gasteiger partial charge is 0.152 e. The number of imidazole rings is 1. The van der Waals surface area contributed by atoms with Crippen LogP contribution in [0, 0.1) is 19.3 Å². The summed E-state index contributed by atoms with van der Waals surface area (Å²) in [6, 6.07) is 17.8. The highest BCUT2D eigenvalue weighted by atomic mass is 16.3. The van der Waals surface area contributed by atoms with E-state index in [4.69, 9.17) is 25.6 Å². The van der Waals surface area contributed by atoms with Gasteiger partial charge in [0.1, 0.15) is 17.4 Å². The van der Waals surface area contributed by atoms with Gasteiger partial charge >= 0.3 is 0 Å². The van der Waals surface area contributed by atoms with Gasteiger partial charge in [0.2, 0.25) is 0 Å². The van der Waals surface area contributed by atoms with Crippen molar-refractivity contribution in [2.45, 2.75) is 26.7 Å². The van der Waals surface area contributed by atoms with E-state index in [-0.39, 0.29) is 5.84 Å². The largest absolute Gasteiger partial charge is 0.463 e. The zero-order chi connectivity index (χ0) is 22.2. The average Bonchev–Trinajstić information content (AvgIpc) is 3.52. The number of hydrogen-bond acceptors (Lipinski definition) is 4. The van der Waals surface area contributed by atoms with Crippen LogP contribution in [0.2, 0.25) is 0 Å². The SMILES string of the molecule is Cc1cc(-c2ccco2)n(-c2ccc3[nH]c(CCc4ccc(C(=N)N)cc4)nc3c2C)n1. The van der Waals surface area contributed by atoms with Crippen LogP contribution < -0.4 is 5.73 Å². The minimum absolute atomic E-state index is 0.0858. The summed E-state index contributed by atoms with van der Waals surface area (Å²) in [6.07, 6.45) is 3.32. The van der Waals surface area contributed by atoms with E-state index in [0.29, 0.717) is 0 Å². The first-order valence-corrected chi connectivity index (χ1v) is 10.5. The van der Waals surface area contributed by atoms with E-state index in [1.807, 2.05) is 54.1 Å². The number of furan rings is 1. The highest BCUT2D eigenvalue weighted by Gasteiger charge is 2.16. The monoisotopic (exact) mass is 424 g/mol. The minimum atomic E-state index is 0.0858. The predicted molar refractivity (Wildman–Crippen MR) is 125 cm³/mol. The molecule has 0 spiro atoms. The number of nitrogens with zero attached hydrogens (tertiary/aromatic N) is 3. The van der Waals surface area contributed by atoms with Crippen LogP contribution >= 0.6 is 0 Å². The summed E-state index contributed by atoms with van der Waals surface area (Å²) in [5, 5.41) is 12.2. The number of amidine groups is 1. The Morgan fingerprint density at radius 2 is 1.91 bits per heavy atom. The Kier molecular flexibility index (Phi) is 4.86. The normalized spacial score (nSPS) is 11.3. The second-order valence-electron chi connectivity index (χ2n) is 7.96. The molecule has 3 heterocycles. The zero-order valence-electron chi connectivity index (χ0n) is 18.0. The molecule has 0 saturated heterocycles. The quantitative estimate of drug-likeness (QED) is 0.271. The Bertz CT molecular complexity index is 1410. The molecule has 0 aliphatic carbocycles. The Balaban J connectivity index is 1.44. The molecular formula is C25H24N6O. The number of nitrogens with two attached hydrogens (primary N) is 1. The number of nitrogens with one attached hydrogen (secondary N) is 2. The minimum Gasteiger partial charge on any atom is -0.463 e. The maximum atomic E-state index is 7.51. The number of hydrogen-bond donors (Lipinski definition) is 3. The lowest BCUT2D eigenvalue weighted by Gasteiger charge is -2.09. The third-order valence-electron chi connectivity index (χ3n) is 5.68. The van der Waals surface area contributed by atoms with Crippen molar-refractivity contribution in [1.82, 2.24) is 19.7 Å². The molecule has 0 fully saturated rings. The average molecular weight is 425 g/mol. The van der Waals surface area contributed by atoms with Crippen LogP contribution in [0.4, 0.5) is 0 Å². The van der Waals surface area contributed by atoms with Crippen molar-refractivity contribution in [3.63, 3.8) is 0 Å². The van der Waals surface area contributed by atoms with Gasteiger partial charge in [-0.05, 0) is 56.2 Å². The molecule has 0 atom stereocenters. The third kappa shape index (κ3) is 3.58. The van der Waals surface area contributed by atoms with Crippen molar-refractivity contribution >= 4 is 16.9 Å². The molecule has 3 aromatic heterocycles. The topological polar surface area (TPSA) is 110 Å². The van der Waals surface area contributed by atoms with Crippen molar-refractivity contribution in [3.05, 3.63) is 89.1 Å². The second kappa shape index (κ2) is 7.85. The van der Waals surface area contributed by atoms with Crippen LogP contribution in [-0.2, 0) is 12.8 Å². The number of aromatic amines is 1. The summed E-state index contributed by atoms with van der Waals surface area (Å²) < 4.78 is 7.54. The number of aromatic nitrogens is 4. The van der Waals surface area contributed by atoms with Gasteiger partial charge in [0.05, 0.1) is 28.7 Å². The summed E-state index contributed by atoms with van der Waals surface area (Å²) >= 11 is 0. The number of benzene rings is 2. The molecule has 5 aromatic rings. The molecule has 7 nitrogen and oxygen atoms in total. The van der Waals surface area contributed by atoms with Crippen LogP contribution in [-0.4, -0.2) is 25.6 Å². The number of rotatable bonds is 6. The van der Waals surface area contributed by atoms with Gasteiger partial charge in [0, 0.05) is 17.5 Å². The van der Waals surface area contributed by atoms with E-state index < -0.39 is 0 Å². The van der Waals surface area contributed by atoms with Crippen LogP contribution in [0.25, 0.3) is 28.2 Å². The molecule has 0 radical (unpaired) electrons. The molecule has 160 valence electrons. The van der Waals surface area contributed by atoms with Gasteiger partial charge in [-0.25, -0.2) is 9.67 Å². The molecule has 32 heavy (non-hydrogen) atoms. The van der Waals surface area contributed by atoms with Crippen molar-refractivity contribution in [3.8, 4) is 17.1 Å². The Hall–Kier alpha value is -4.13. The fraction of sp³-hybridized carbons (Fsp3) is 0.160. The van der Waals surface area contributed by atoms with Gasteiger partial charge in [-0.15, -0.1) is 0 Å². The van der Waals surface area contributed by atoms with Crippen LogP contribution in [0.3, 0.4) is 0 Å².